The number of nitrogens with one attached hydrogen (secondary N) is 2. The molecule has 0 saturated heterocycles. The van der Waals surface area contributed by atoms with Gasteiger partial charge in [0.15, 0.2) is 0 Å². The van der Waals surface area contributed by atoms with E-state index >= 15 is 0 Å². The van der Waals surface area contributed by atoms with Crippen LogP contribution < -0.4 is 16.4 Å². The van der Waals surface area contributed by atoms with Gasteiger partial charge in [0.05, 0.1) is 6.54 Å². The largest absolute Gasteiger partial charge is 0.480 e. The van der Waals surface area contributed by atoms with Gasteiger partial charge in [-0.1, -0.05) is 50.6 Å². The lowest BCUT2D eigenvalue weighted by Crippen LogP contribution is -2.54. The summed E-state index contributed by atoms with van der Waals surface area (Å²) in [4.78, 5) is 35.5. The standard InChI is InChI=1S/C17H25N3O4/c1-3-11(2)15(17(23)24)20-16(22)13(19-14(21)10-18)9-12-7-5-4-6-8-12/h4-8,11,13,15H,3,9-10,18H2,1-2H3,(H,19,21)(H,20,22)(H,23,24). The molecule has 3 unspecified atom stereocenters. The maximum absolute atomic E-state index is 12.5. The molecule has 7 heteroatoms. The van der Waals surface area contributed by atoms with Crippen LogP contribution in [0.25, 0.3) is 0 Å². The van der Waals surface area contributed by atoms with Crippen LogP contribution in [0.4, 0.5) is 0 Å². The van der Waals surface area contributed by atoms with Crippen LogP contribution in [-0.2, 0) is 20.8 Å². The summed E-state index contributed by atoms with van der Waals surface area (Å²) in [5.74, 6) is -2.33. The normalized spacial score (nSPS) is 14.3. The van der Waals surface area contributed by atoms with Crippen molar-refractivity contribution in [2.24, 2.45) is 11.7 Å². The van der Waals surface area contributed by atoms with E-state index in [0.29, 0.717) is 6.42 Å². The van der Waals surface area contributed by atoms with E-state index in [-0.39, 0.29) is 18.9 Å². The van der Waals surface area contributed by atoms with Crippen LogP contribution in [0.15, 0.2) is 30.3 Å². The summed E-state index contributed by atoms with van der Waals surface area (Å²) in [5, 5.41) is 14.4. The van der Waals surface area contributed by atoms with E-state index in [1.165, 1.54) is 0 Å². The van der Waals surface area contributed by atoms with Crippen molar-refractivity contribution in [3.63, 3.8) is 0 Å². The zero-order valence-electron chi connectivity index (χ0n) is 14.0. The molecule has 0 aliphatic carbocycles. The smallest absolute Gasteiger partial charge is 0.326 e. The molecule has 0 heterocycles. The second-order valence-electron chi connectivity index (χ2n) is 5.72. The van der Waals surface area contributed by atoms with Crippen molar-refractivity contribution in [2.75, 3.05) is 6.54 Å². The predicted molar refractivity (Wildman–Crippen MR) is 90.2 cm³/mol. The van der Waals surface area contributed by atoms with E-state index in [1.807, 2.05) is 37.3 Å². The number of carbonyl (C=O) groups is 3. The predicted octanol–water partition coefficient (Wildman–Crippen LogP) is 0.288. The Hall–Kier alpha value is -2.41. The minimum absolute atomic E-state index is 0.228. The fourth-order valence-electron chi connectivity index (χ4n) is 2.25. The van der Waals surface area contributed by atoms with Gasteiger partial charge in [0.25, 0.3) is 0 Å². The van der Waals surface area contributed by atoms with Crippen molar-refractivity contribution in [1.82, 2.24) is 10.6 Å². The molecule has 5 N–H and O–H groups in total. The highest BCUT2D eigenvalue weighted by Gasteiger charge is 2.29. The van der Waals surface area contributed by atoms with Gasteiger partial charge in [0.1, 0.15) is 12.1 Å². The molecular formula is C17H25N3O4. The molecule has 24 heavy (non-hydrogen) atoms. The lowest BCUT2D eigenvalue weighted by molar-refractivity contribution is -0.143. The second kappa shape index (κ2) is 9.67. The summed E-state index contributed by atoms with van der Waals surface area (Å²) in [6.07, 6.45) is 0.862. The summed E-state index contributed by atoms with van der Waals surface area (Å²) in [6, 6.07) is 7.28. The first-order valence-corrected chi connectivity index (χ1v) is 7.95. The third-order valence-corrected chi connectivity index (χ3v) is 3.90. The highest BCUT2D eigenvalue weighted by molar-refractivity contribution is 5.91. The van der Waals surface area contributed by atoms with Gasteiger partial charge < -0.3 is 21.5 Å². The first-order chi connectivity index (χ1) is 11.4. The molecule has 0 aliphatic rings. The maximum Gasteiger partial charge on any atom is 0.326 e. The lowest BCUT2D eigenvalue weighted by Gasteiger charge is -2.24. The number of hydrogen-bond donors (Lipinski definition) is 4. The molecule has 1 aromatic carbocycles. The SMILES string of the molecule is CCC(C)C(NC(=O)C(Cc1ccccc1)NC(=O)CN)C(=O)O. The molecule has 2 amide bonds. The Morgan fingerprint density at radius 1 is 1.17 bits per heavy atom. The number of amides is 2. The molecule has 0 aromatic heterocycles. The van der Waals surface area contributed by atoms with Gasteiger partial charge in [-0.3, -0.25) is 9.59 Å². The van der Waals surface area contributed by atoms with Crippen molar-refractivity contribution in [1.29, 1.82) is 0 Å². The first-order valence-electron chi connectivity index (χ1n) is 7.95. The molecule has 7 nitrogen and oxygen atoms in total. The fourth-order valence-corrected chi connectivity index (χ4v) is 2.25. The summed E-state index contributed by atoms with van der Waals surface area (Å²) >= 11 is 0. The maximum atomic E-state index is 12.5. The molecule has 0 saturated carbocycles. The summed E-state index contributed by atoms with van der Waals surface area (Å²) < 4.78 is 0. The van der Waals surface area contributed by atoms with Gasteiger partial charge in [-0.2, -0.15) is 0 Å². The van der Waals surface area contributed by atoms with Crippen molar-refractivity contribution < 1.29 is 19.5 Å². The monoisotopic (exact) mass is 335 g/mol. The number of aliphatic carboxylic acids is 1. The van der Waals surface area contributed by atoms with Gasteiger partial charge in [-0.25, -0.2) is 4.79 Å². The topological polar surface area (TPSA) is 122 Å². The second-order valence-corrected chi connectivity index (χ2v) is 5.72. The fraction of sp³-hybridized carbons (Fsp3) is 0.471. The number of carboxylic acids is 1. The molecule has 0 bridgehead atoms. The van der Waals surface area contributed by atoms with Gasteiger partial charge in [-0.15, -0.1) is 0 Å². The van der Waals surface area contributed by atoms with E-state index in [4.69, 9.17) is 5.73 Å². The molecule has 1 aromatic rings. The van der Waals surface area contributed by atoms with Crippen molar-refractivity contribution in [2.45, 2.75) is 38.8 Å². The summed E-state index contributed by atoms with van der Waals surface area (Å²) in [6.45, 7) is 3.36. The average molecular weight is 335 g/mol. The lowest BCUT2D eigenvalue weighted by atomic mass is 9.98. The number of carboxylic acid groups (broad SMARTS) is 1. The van der Waals surface area contributed by atoms with E-state index in [9.17, 15) is 19.5 Å². The van der Waals surface area contributed by atoms with E-state index in [0.717, 1.165) is 5.56 Å². The first kappa shape index (κ1) is 19.6. The van der Waals surface area contributed by atoms with Gasteiger partial charge in [0, 0.05) is 6.42 Å². The van der Waals surface area contributed by atoms with E-state index < -0.39 is 29.9 Å². The third kappa shape index (κ3) is 6.00. The number of rotatable bonds is 9. The zero-order valence-corrected chi connectivity index (χ0v) is 14.0. The highest BCUT2D eigenvalue weighted by Crippen LogP contribution is 2.09. The number of nitrogens with two attached hydrogens (primary N) is 1. The minimum Gasteiger partial charge on any atom is -0.480 e. The van der Waals surface area contributed by atoms with Crippen molar-refractivity contribution in [3.05, 3.63) is 35.9 Å². The Morgan fingerprint density at radius 2 is 1.79 bits per heavy atom. The Kier molecular flexibility index (Phi) is 7.91. The Bertz CT molecular complexity index is 562. The summed E-state index contributed by atoms with van der Waals surface area (Å²) in [5.41, 5.74) is 6.15. The van der Waals surface area contributed by atoms with Crippen LogP contribution >= 0.6 is 0 Å². The van der Waals surface area contributed by atoms with Crippen molar-refractivity contribution in [3.8, 4) is 0 Å². The Balaban J connectivity index is 2.89. The van der Waals surface area contributed by atoms with Gasteiger partial charge in [0.2, 0.25) is 11.8 Å². The van der Waals surface area contributed by atoms with Crippen molar-refractivity contribution >= 4 is 17.8 Å². The molecule has 3 atom stereocenters. The van der Waals surface area contributed by atoms with Crippen LogP contribution in [0.2, 0.25) is 0 Å². The zero-order chi connectivity index (χ0) is 18.1. The quantitative estimate of drug-likeness (QED) is 0.517. The van der Waals surface area contributed by atoms with Crippen LogP contribution in [-0.4, -0.2) is 41.5 Å². The molecule has 1 rings (SSSR count). The minimum atomic E-state index is -1.10. The number of benzene rings is 1. The van der Waals surface area contributed by atoms with Gasteiger partial charge >= 0.3 is 5.97 Å². The molecular weight excluding hydrogens is 310 g/mol. The Morgan fingerprint density at radius 3 is 2.29 bits per heavy atom. The number of hydrogen-bond acceptors (Lipinski definition) is 4. The van der Waals surface area contributed by atoms with Gasteiger partial charge in [-0.05, 0) is 11.5 Å². The van der Waals surface area contributed by atoms with Crippen LogP contribution in [0.1, 0.15) is 25.8 Å². The highest BCUT2D eigenvalue weighted by atomic mass is 16.4. The van der Waals surface area contributed by atoms with Crippen LogP contribution in [0.3, 0.4) is 0 Å². The third-order valence-electron chi connectivity index (χ3n) is 3.90. The molecule has 0 aliphatic heterocycles. The number of carbonyl (C=O) groups excluding carboxylic acids is 2. The molecule has 0 radical (unpaired) electrons. The van der Waals surface area contributed by atoms with E-state index in [2.05, 4.69) is 10.6 Å². The average Bonchev–Trinajstić information content (AvgIpc) is 2.58. The Labute approximate surface area is 141 Å². The van der Waals surface area contributed by atoms with Crippen LogP contribution in [0, 0.1) is 5.92 Å². The molecule has 0 spiro atoms. The summed E-state index contributed by atoms with van der Waals surface area (Å²) in [7, 11) is 0. The van der Waals surface area contributed by atoms with Crippen LogP contribution in [0.5, 0.6) is 0 Å². The molecule has 0 fully saturated rings. The molecule has 132 valence electrons. The van der Waals surface area contributed by atoms with E-state index in [1.54, 1.807) is 6.92 Å².